The van der Waals surface area contributed by atoms with Crippen LogP contribution in [0, 0.1) is 0 Å². The maximum Gasteiger partial charge on any atom is 0.288 e. The second kappa shape index (κ2) is 9.00. The number of carbonyl (C=O) groups is 1. The molecule has 4 nitrogen and oxygen atoms in total. The van der Waals surface area contributed by atoms with Gasteiger partial charge in [0.15, 0.2) is 0 Å². The number of amides is 1. The van der Waals surface area contributed by atoms with E-state index in [1.807, 2.05) is 0 Å². The molecule has 0 saturated carbocycles. The van der Waals surface area contributed by atoms with E-state index in [2.05, 4.69) is 5.32 Å². The fourth-order valence-corrected chi connectivity index (χ4v) is 3.09. The Hall–Kier alpha value is -2.12. The highest BCUT2D eigenvalue weighted by Gasteiger charge is 2.16. The third kappa shape index (κ3) is 5.44. The lowest BCUT2D eigenvalue weighted by atomic mass is 10.2. The zero-order valence-corrected chi connectivity index (χ0v) is 14.8. The van der Waals surface area contributed by atoms with Crippen molar-refractivity contribution in [1.29, 1.82) is 0 Å². The summed E-state index contributed by atoms with van der Waals surface area (Å²) < 4.78 is 35.8. The molecule has 1 saturated heterocycles. The quantitative estimate of drug-likeness (QED) is 0.701. The van der Waals surface area contributed by atoms with Gasteiger partial charge in [0.05, 0.1) is 6.10 Å². The summed E-state index contributed by atoms with van der Waals surface area (Å²) in [5.41, 5.74) is 1.04. The number of hydrogen-bond donors (Lipinski definition) is 1. The number of nitrogens with one attached hydrogen (secondary N) is 1. The highest BCUT2D eigenvalue weighted by atomic mass is 32.2. The Labute approximate surface area is 154 Å². The number of carbonyl (C=O) groups excluding carboxylic acids is 1. The molecule has 1 atom stereocenters. The van der Waals surface area contributed by atoms with Crippen molar-refractivity contribution >= 4 is 23.4 Å². The Bertz CT molecular complexity index is 717. The Balaban J connectivity index is 1.52. The standard InChI is InChI=1S/C19H19F2NO3S/c20-19(21)26-17-9-5-14(6-10-17)22-18(23)13-3-7-15(8-4-13)25-12-16-2-1-11-24-16/h3-10,16,19H,1-2,11-12H2,(H,22,23). The van der Waals surface area contributed by atoms with Gasteiger partial charge in [0, 0.05) is 22.8 Å². The van der Waals surface area contributed by atoms with Gasteiger partial charge in [0.2, 0.25) is 0 Å². The molecular formula is C19H19F2NO3S. The fraction of sp³-hybridized carbons (Fsp3) is 0.316. The number of thioether (sulfide) groups is 1. The molecule has 1 aliphatic rings. The second-order valence-electron chi connectivity index (χ2n) is 5.83. The second-order valence-corrected chi connectivity index (χ2v) is 6.89. The zero-order chi connectivity index (χ0) is 18.4. The highest BCUT2D eigenvalue weighted by Crippen LogP contribution is 2.26. The molecule has 1 fully saturated rings. The summed E-state index contributed by atoms with van der Waals surface area (Å²) >= 11 is 0.469. The van der Waals surface area contributed by atoms with Gasteiger partial charge in [-0.2, -0.15) is 8.78 Å². The van der Waals surface area contributed by atoms with Crippen LogP contribution in [-0.4, -0.2) is 31.0 Å². The fourth-order valence-electron chi connectivity index (χ4n) is 2.59. The molecule has 138 valence electrons. The van der Waals surface area contributed by atoms with E-state index < -0.39 is 5.76 Å². The van der Waals surface area contributed by atoms with Gasteiger partial charge in [0.1, 0.15) is 12.4 Å². The molecule has 0 spiro atoms. The van der Waals surface area contributed by atoms with E-state index in [0.29, 0.717) is 40.3 Å². The average Bonchev–Trinajstić information content (AvgIpc) is 3.15. The molecule has 2 aromatic carbocycles. The van der Waals surface area contributed by atoms with E-state index in [-0.39, 0.29) is 12.0 Å². The molecule has 3 rings (SSSR count). The van der Waals surface area contributed by atoms with E-state index in [0.717, 1.165) is 19.4 Å². The molecule has 1 heterocycles. The predicted octanol–water partition coefficient (Wildman–Crippen LogP) is 4.81. The summed E-state index contributed by atoms with van der Waals surface area (Å²) in [6.07, 6.45) is 2.22. The first-order valence-corrected chi connectivity index (χ1v) is 9.19. The highest BCUT2D eigenvalue weighted by molar-refractivity contribution is 7.99. The number of anilines is 1. The molecule has 7 heteroatoms. The number of hydrogen-bond acceptors (Lipinski definition) is 4. The minimum absolute atomic E-state index is 0.143. The van der Waals surface area contributed by atoms with Gasteiger partial charge in [-0.3, -0.25) is 4.79 Å². The van der Waals surface area contributed by atoms with Gasteiger partial charge in [-0.15, -0.1) is 0 Å². The van der Waals surface area contributed by atoms with Crippen LogP contribution in [0.5, 0.6) is 5.75 Å². The Morgan fingerprint density at radius 3 is 2.54 bits per heavy atom. The van der Waals surface area contributed by atoms with Gasteiger partial charge >= 0.3 is 0 Å². The summed E-state index contributed by atoms with van der Waals surface area (Å²) in [4.78, 5) is 12.7. The summed E-state index contributed by atoms with van der Waals surface area (Å²) in [6, 6.07) is 13.1. The van der Waals surface area contributed by atoms with E-state index in [4.69, 9.17) is 9.47 Å². The number of ether oxygens (including phenoxy) is 2. The Morgan fingerprint density at radius 2 is 1.92 bits per heavy atom. The van der Waals surface area contributed by atoms with E-state index in [1.54, 1.807) is 48.5 Å². The molecule has 1 N–H and O–H groups in total. The molecule has 26 heavy (non-hydrogen) atoms. The van der Waals surface area contributed by atoms with Gasteiger partial charge in [0.25, 0.3) is 11.7 Å². The summed E-state index contributed by atoms with van der Waals surface area (Å²) in [5.74, 6) is -2.05. The van der Waals surface area contributed by atoms with Crippen LogP contribution < -0.4 is 10.1 Å². The van der Waals surface area contributed by atoms with Crippen LogP contribution in [0.2, 0.25) is 0 Å². The smallest absolute Gasteiger partial charge is 0.288 e. The monoisotopic (exact) mass is 379 g/mol. The van der Waals surface area contributed by atoms with Crippen molar-refractivity contribution < 1.29 is 23.0 Å². The molecule has 0 aromatic heterocycles. The van der Waals surface area contributed by atoms with Crippen molar-refractivity contribution in [3.63, 3.8) is 0 Å². The molecular weight excluding hydrogens is 360 g/mol. The van der Waals surface area contributed by atoms with Gasteiger partial charge in [-0.1, -0.05) is 11.8 Å². The third-order valence-electron chi connectivity index (χ3n) is 3.91. The molecule has 1 amide bonds. The van der Waals surface area contributed by atoms with Gasteiger partial charge < -0.3 is 14.8 Å². The zero-order valence-electron chi connectivity index (χ0n) is 14.0. The minimum atomic E-state index is -2.46. The maximum absolute atomic E-state index is 12.3. The lowest BCUT2D eigenvalue weighted by Gasteiger charge is -2.12. The van der Waals surface area contributed by atoms with Crippen LogP contribution in [0.1, 0.15) is 23.2 Å². The lowest BCUT2D eigenvalue weighted by Crippen LogP contribution is -2.16. The first-order chi connectivity index (χ1) is 12.6. The summed E-state index contributed by atoms with van der Waals surface area (Å²) in [5, 5.41) is 2.74. The van der Waals surface area contributed by atoms with Crippen molar-refractivity contribution in [1.82, 2.24) is 0 Å². The number of rotatable bonds is 7. The maximum atomic E-state index is 12.3. The van der Waals surface area contributed by atoms with Crippen LogP contribution in [0.25, 0.3) is 0 Å². The topological polar surface area (TPSA) is 47.6 Å². The SMILES string of the molecule is O=C(Nc1ccc(SC(F)F)cc1)c1ccc(OCC2CCCO2)cc1. The number of halogens is 2. The van der Waals surface area contributed by atoms with Crippen LogP contribution in [0.3, 0.4) is 0 Å². The van der Waals surface area contributed by atoms with Crippen LogP contribution >= 0.6 is 11.8 Å². The summed E-state index contributed by atoms with van der Waals surface area (Å²) in [6.45, 7) is 1.30. The van der Waals surface area contributed by atoms with Crippen molar-refractivity contribution in [2.45, 2.75) is 29.6 Å². The van der Waals surface area contributed by atoms with E-state index >= 15 is 0 Å². The first kappa shape index (κ1) is 18.7. The van der Waals surface area contributed by atoms with E-state index in [1.165, 1.54) is 0 Å². The Morgan fingerprint density at radius 1 is 1.19 bits per heavy atom. The van der Waals surface area contributed by atoms with E-state index in [9.17, 15) is 13.6 Å². The Kier molecular flexibility index (Phi) is 6.46. The van der Waals surface area contributed by atoms with Crippen molar-refractivity contribution in [2.75, 3.05) is 18.5 Å². The van der Waals surface area contributed by atoms with Crippen LogP contribution in [-0.2, 0) is 4.74 Å². The van der Waals surface area contributed by atoms with Crippen molar-refractivity contribution in [3.05, 3.63) is 54.1 Å². The predicted molar refractivity (Wildman–Crippen MR) is 97.2 cm³/mol. The molecule has 1 aliphatic heterocycles. The molecule has 0 radical (unpaired) electrons. The number of benzene rings is 2. The summed E-state index contributed by atoms with van der Waals surface area (Å²) in [7, 11) is 0. The van der Waals surface area contributed by atoms with Gasteiger partial charge in [-0.25, -0.2) is 0 Å². The van der Waals surface area contributed by atoms with Crippen molar-refractivity contribution in [2.24, 2.45) is 0 Å². The molecule has 1 unspecified atom stereocenters. The lowest BCUT2D eigenvalue weighted by molar-refractivity contribution is 0.0679. The normalized spacial score (nSPS) is 16.7. The first-order valence-electron chi connectivity index (χ1n) is 8.31. The van der Waals surface area contributed by atoms with Gasteiger partial charge in [-0.05, 0) is 61.4 Å². The molecule has 0 aliphatic carbocycles. The number of alkyl halides is 2. The van der Waals surface area contributed by atoms with Crippen LogP contribution in [0.15, 0.2) is 53.4 Å². The molecule has 0 bridgehead atoms. The average molecular weight is 379 g/mol. The largest absolute Gasteiger partial charge is 0.491 e. The third-order valence-corrected chi connectivity index (χ3v) is 4.64. The van der Waals surface area contributed by atoms with Crippen LogP contribution in [0.4, 0.5) is 14.5 Å². The minimum Gasteiger partial charge on any atom is -0.491 e. The molecule has 2 aromatic rings. The van der Waals surface area contributed by atoms with Crippen molar-refractivity contribution in [3.8, 4) is 5.75 Å².